The van der Waals surface area contributed by atoms with E-state index in [-0.39, 0.29) is 12.3 Å². The molecular formula is C16H19NO5. The first-order chi connectivity index (χ1) is 10.4. The van der Waals surface area contributed by atoms with Crippen molar-refractivity contribution in [1.82, 2.24) is 5.32 Å². The van der Waals surface area contributed by atoms with E-state index in [4.69, 9.17) is 9.84 Å². The third-order valence-corrected chi connectivity index (χ3v) is 4.07. The Hall–Kier alpha value is -2.34. The lowest BCUT2D eigenvalue weighted by atomic mass is 9.81. The van der Waals surface area contributed by atoms with Crippen LogP contribution in [0.5, 0.6) is 5.75 Å². The van der Waals surface area contributed by atoms with Crippen molar-refractivity contribution < 1.29 is 24.5 Å². The second kappa shape index (κ2) is 6.62. The van der Waals surface area contributed by atoms with Crippen molar-refractivity contribution in [2.45, 2.75) is 12.5 Å². The number of hydrogen-bond acceptors (Lipinski definition) is 4. The van der Waals surface area contributed by atoms with Crippen LogP contribution in [0, 0.1) is 11.8 Å². The van der Waals surface area contributed by atoms with E-state index in [0.717, 1.165) is 11.1 Å². The SMILES string of the molecule is C=C(c1cccc(OC)c1)[C@@H]1CN[C@@H](C(=O)O)[C@@H]1CC(=O)O. The Labute approximate surface area is 128 Å². The highest BCUT2D eigenvalue weighted by molar-refractivity contribution is 5.78. The zero-order valence-corrected chi connectivity index (χ0v) is 12.3. The van der Waals surface area contributed by atoms with E-state index in [9.17, 15) is 14.7 Å². The zero-order chi connectivity index (χ0) is 16.3. The predicted molar refractivity (Wildman–Crippen MR) is 80.7 cm³/mol. The summed E-state index contributed by atoms with van der Waals surface area (Å²) >= 11 is 0. The van der Waals surface area contributed by atoms with Gasteiger partial charge >= 0.3 is 11.9 Å². The third kappa shape index (κ3) is 3.28. The van der Waals surface area contributed by atoms with Crippen molar-refractivity contribution in [3.05, 3.63) is 36.4 Å². The van der Waals surface area contributed by atoms with Crippen molar-refractivity contribution in [3.8, 4) is 5.75 Å². The summed E-state index contributed by atoms with van der Waals surface area (Å²) in [5.74, 6) is -2.15. The molecule has 6 nitrogen and oxygen atoms in total. The fourth-order valence-corrected chi connectivity index (χ4v) is 2.94. The average Bonchev–Trinajstić information content (AvgIpc) is 2.89. The van der Waals surface area contributed by atoms with Gasteiger partial charge in [0.05, 0.1) is 13.5 Å². The monoisotopic (exact) mass is 305 g/mol. The lowest BCUT2D eigenvalue weighted by Gasteiger charge is -2.22. The minimum Gasteiger partial charge on any atom is -0.497 e. The molecular weight excluding hydrogens is 286 g/mol. The summed E-state index contributed by atoms with van der Waals surface area (Å²) in [4.78, 5) is 22.4. The second-order valence-corrected chi connectivity index (χ2v) is 5.35. The molecule has 1 aromatic carbocycles. The smallest absolute Gasteiger partial charge is 0.321 e. The predicted octanol–water partition coefficient (Wildman–Crippen LogP) is 1.47. The quantitative estimate of drug-likeness (QED) is 0.736. The van der Waals surface area contributed by atoms with Crippen molar-refractivity contribution in [1.29, 1.82) is 0 Å². The van der Waals surface area contributed by atoms with Crippen LogP contribution in [0.25, 0.3) is 5.57 Å². The Kier molecular flexibility index (Phi) is 4.82. The van der Waals surface area contributed by atoms with Gasteiger partial charge in [-0.2, -0.15) is 0 Å². The number of aliphatic carboxylic acids is 2. The molecule has 1 aromatic rings. The molecule has 0 amide bonds. The molecule has 3 N–H and O–H groups in total. The molecule has 0 unspecified atom stereocenters. The highest BCUT2D eigenvalue weighted by Gasteiger charge is 2.42. The van der Waals surface area contributed by atoms with Crippen LogP contribution >= 0.6 is 0 Å². The van der Waals surface area contributed by atoms with Crippen LogP contribution in [0.1, 0.15) is 12.0 Å². The summed E-state index contributed by atoms with van der Waals surface area (Å²) in [6.07, 6.45) is -0.211. The molecule has 1 saturated heterocycles. The number of ether oxygens (including phenoxy) is 1. The summed E-state index contributed by atoms with van der Waals surface area (Å²) in [6, 6.07) is 6.43. The maximum Gasteiger partial charge on any atom is 0.321 e. The summed E-state index contributed by atoms with van der Waals surface area (Å²) in [6.45, 7) is 4.45. The lowest BCUT2D eigenvalue weighted by Crippen LogP contribution is -2.36. The Morgan fingerprint density at radius 2 is 2.14 bits per heavy atom. The molecule has 0 saturated carbocycles. The van der Waals surface area contributed by atoms with E-state index in [0.29, 0.717) is 12.3 Å². The van der Waals surface area contributed by atoms with E-state index >= 15 is 0 Å². The van der Waals surface area contributed by atoms with Crippen LogP contribution in [0.3, 0.4) is 0 Å². The second-order valence-electron chi connectivity index (χ2n) is 5.35. The summed E-state index contributed by atoms with van der Waals surface area (Å²) in [5, 5.41) is 21.2. The molecule has 6 heteroatoms. The molecule has 1 aliphatic heterocycles. The van der Waals surface area contributed by atoms with Crippen LogP contribution in [0.15, 0.2) is 30.8 Å². The van der Waals surface area contributed by atoms with Gasteiger partial charge < -0.3 is 20.3 Å². The molecule has 118 valence electrons. The van der Waals surface area contributed by atoms with Gasteiger partial charge in [0.1, 0.15) is 11.8 Å². The van der Waals surface area contributed by atoms with Gasteiger partial charge in [0, 0.05) is 18.4 Å². The standard InChI is InChI=1S/C16H19NO5/c1-9(10-4-3-5-11(6-10)22-2)13-8-17-15(16(20)21)12(13)7-14(18)19/h3-6,12-13,15,17H,1,7-8H2,2H3,(H,18,19)(H,20,21)/t12-,13+,15-/m1/s1. The summed E-state index contributed by atoms with van der Waals surface area (Å²) in [5.41, 5.74) is 1.55. The first kappa shape index (κ1) is 16.0. The number of hydrogen-bond donors (Lipinski definition) is 3. The number of carbonyl (C=O) groups is 2. The average molecular weight is 305 g/mol. The molecule has 1 aliphatic rings. The highest BCUT2D eigenvalue weighted by Crippen LogP contribution is 2.36. The van der Waals surface area contributed by atoms with Crippen molar-refractivity contribution in [3.63, 3.8) is 0 Å². The van der Waals surface area contributed by atoms with E-state index in [1.54, 1.807) is 13.2 Å². The van der Waals surface area contributed by atoms with Gasteiger partial charge in [-0.15, -0.1) is 0 Å². The Bertz CT molecular complexity index is 598. The number of carboxylic acid groups (broad SMARTS) is 2. The summed E-state index contributed by atoms with van der Waals surface area (Å²) in [7, 11) is 1.56. The van der Waals surface area contributed by atoms with Crippen LogP contribution in [0.2, 0.25) is 0 Å². The van der Waals surface area contributed by atoms with E-state index in [1.165, 1.54) is 0 Å². The van der Waals surface area contributed by atoms with Gasteiger partial charge in [-0.3, -0.25) is 9.59 Å². The van der Waals surface area contributed by atoms with Crippen molar-refractivity contribution in [2.24, 2.45) is 11.8 Å². The Morgan fingerprint density at radius 1 is 1.41 bits per heavy atom. The maximum atomic E-state index is 11.3. The van der Waals surface area contributed by atoms with Crippen LogP contribution in [-0.2, 0) is 9.59 Å². The number of carboxylic acids is 2. The minimum absolute atomic E-state index is 0.211. The van der Waals surface area contributed by atoms with E-state index in [1.807, 2.05) is 18.2 Å². The fraction of sp³-hybridized carbons (Fsp3) is 0.375. The highest BCUT2D eigenvalue weighted by atomic mass is 16.5. The maximum absolute atomic E-state index is 11.3. The van der Waals surface area contributed by atoms with Crippen LogP contribution in [-0.4, -0.2) is 41.8 Å². The number of methoxy groups -OCH3 is 1. The fourth-order valence-electron chi connectivity index (χ4n) is 2.94. The first-order valence-corrected chi connectivity index (χ1v) is 6.95. The Morgan fingerprint density at radius 3 is 2.73 bits per heavy atom. The molecule has 1 fully saturated rings. The number of benzene rings is 1. The first-order valence-electron chi connectivity index (χ1n) is 6.95. The van der Waals surface area contributed by atoms with Crippen LogP contribution in [0.4, 0.5) is 0 Å². The van der Waals surface area contributed by atoms with Gasteiger partial charge in [0.15, 0.2) is 0 Å². The topological polar surface area (TPSA) is 95.9 Å². The summed E-state index contributed by atoms with van der Waals surface area (Å²) < 4.78 is 5.17. The van der Waals surface area contributed by atoms with E-state index in [2.05, 4.69) is 11.9 Å². The third-order valence-electron chi connectivity index (χ3n) is 4.07. The van der Waals surface area contributed by atoms with Crippen molar-refractivity contribution in [2.75, 3.05) is 13.7 Å². The molecule has 0 bridgehead atoms. The van der Waals surface area contributed by atoms with Gasteiger partial charge in [-0.1, -0.05) is 18.7 Å². The van der Waals surface area contributed by atoms with Gasteiger partial charge in [0.25, 0.3) is 0 Å². The number of rotatable bonds is 6. The molecule has 0 aromatic heterocycles. The molecule has 22 heavy (non-hydrogen) atoms. The van der Waals surface area contributed by atoms with Crippen LogP contribution < -0.4 is 10.1 Å². The lowest BCUT2D eigenvalue weighted by molar-refractivity contribution is -0.142. The Balaban J connectivity index is 2.26. The minimum atomic E-state index is -1.04. The molecule has 1 heterocycles. The molecule has 0 radical (unpaired) electrons. The largest absolute Gasteiger partial charge is 0.497 e. The van der Waals surface area contributed by atoms with Gasteiger partial charge in [0.2, 0.25) is 0 Å². The molecule has 2 rings (SSSR count). The molecule has 0 aliphatic carbocycles. The van der Waals surface area contributed by atoms with E-state index < -0.39 is 23.9 Å². The normalized spacial score (nSPS) is 24.0. The molecule has 0 spiro atoms. The zero-order valence-electron chi connectivity index (χ0n) is 12.3. The van der Waals surface area contributed by atoms with Gasteiger partial charge in [-0.05, 0) is 23.3 Å². The van der Waals surface area contributed by atoms with Gasteiger partial charge in [-0.25, -0.2) is 0 Å². The number of nitrogens with one attached hydrogen (secondary N) is 1. The molecule has 3 atom stereocenters. The van der Waals surface area contributed by atoms with Crippen molar-refractivity contribution >= 4 is 17.5 Å².